The second-order valence-electron chi connectivity index (χ2n) is 12.4. The lowest BCUT2D eigenvalue weighted by Crippen LogP contribution is -2.50. The molecule has 0 spiro atoms. The minimum atomic E-state index is -0.486. The number of nitrogens with zero attached hydrogens (tertiary/aromatic N) is 3. The summed E-state index contributed by atoms with van der Waals surface area (Å²) in [5, 5.41) is 5.40. The van der Waals surface area contributed by atoms with Gasteiger partial charge in [0.1, 0.15) is 17.1 Å². The number of benzene rings is 3. The Bertz CT molecular complexity index is 1730. The molecule has 2 amide bonds. The molecule has 6 rings (SSSR count). The Morgan fingerprint density at radius 3 is 2.62 bits per heavy atom. The van der Waals surface area contributed by atoms with Gasteiger partial charge >= 0.3 is 6.09 Å². The van der Waals surface area contributed by atoms with Crippen molar-refractivity contribution in [3.8, 4) is 23.0 Å². The molecule has 0 radical (unpaired) electrons. The van der Waals surface area contributed by atoms with Crippen LogP contribution in [0.5, 0.6) is 23.0 Å². The standard InChI is InChI=1S/C35H40N4O6/c1-35(2,3)45-34(41)39-17-15-38(16-18-39)14-6-19-42-30-22-28-31(27-12-20-43-32(27)30)29(11-13-37-28)44-24-9-10-25-23(21-24)7-5-8-26(25)33(40)36-4/h5,7-11,13,21-22H,6,12,14-20H2,1-4H3,(H,36,40). The van der Waals surface area contributed by atoms with Gasteiger partial charge in [-0.1, -0.05) is 12.1 Å². The number of piperazine rings is 1. The van der Waals surface area contributed by atoms with E-state index < -0.39 is 5.60 Å². The maximum Gasteiger partial charge on any atom is 0.410 e. The molecule has 1 aromatic heterocycles. The number of ether oxygens (including phenoxy) is 4. The quantitative estimate of drug-likeness (QED) is 0.249. The number of amides is 2. The third-order valence-electron chi connectivity index (χ3n) is 8.06. The number of hydrogen-bond donors (Lipinski definition) is 1. The molecule has 0 unspecified atom stereocenters. The molecule has 0 atom stereocenters. The molecule has 45 heavy (non-hydrogen) atoms. The fourth-order valence-corrected chi connectivity index (χ4v) is 5.90. The first-order valence-corrected chi connectivity index (χ1v) is 15.5. The second kappa shape index (κ2) is 12.8. The Morgan fingerprint density at radius 1 is 1.02 bits per heavy atom. The Hall–Kier alpha value is -4.57. The van der Waals surface area contributed by atoms with Gasteiger partial charge in [-0.05, 0) is 68.3 Å². The molecule has 1 fully saturated rings. The van der Waals surface area contributed by atoms with Gasteiger partial charge in [-0.25, -0.2) is 4.79 Å². The number of rotatable bonds is 8. The van der Waals surface area contributed by atoms with Gasteiger partial charge in [-0.15, -0.1) is 0 Å². The van der Waals surface area contributed by atoms with E-state index in [-0.39, 0.29) is 12.0 Å². The molecular formula is C35H40N4O6. The van der Waals surface area contributed by atoms with Crippen LogP contribution in [-0.4, -0.2) is 85.4 Å². The van der Waals surface area contributed by atoms with Crippen LogP contribution in [0.3, 0.4) is 0 Å². The van der Waals surface area contributed by atoms with Crippen molar-refractivity contribution in [2.45, 2.75) is 39.2 Å². The minimum absolute atomic E-state index is 0.124. The predicted octanol–water partition coefficient (Wildman–Crippen LogP) is 5.80. The van der Waals surface area contributed by atoms with Crippen molar-refractivity contribution in [3.63, 3.8) is 0 Å². The van der Waals surface area contributed by atoms with Crippen LogP contribution in [0.1, 0.15) is 43.1 Å². The Balaban J connectivity index is 1.11. The van der Waals surface area contributed by atoms with Crippen LogP contribution in [0.2, 0.25) is 0 Å². The molecule has 3 heterocycles. The lowest BCUT2D eigenvalue weighted by molar-refractivity contribution is 0.0142. The van der Waals surface area contributed by atoms with Crippen molar-refractivity contribution >= 4 is 33.7 Å². The number of pyridine rings is 1. The number of fused-ring (bicyclic) bond motifs is 4. The number of nitrogens with one attached hydrogen (secondary N) is 1. The number of hydrogen-bond acceptors (Lipinski definition) is 8. The van der Waals surface area contributed by atoms with Gasteiger partial charge < -0.3 is 29.2 Å². The first-order valence-electron chi connectivity index (χ1n) is 15.5. The van der Waals surface area contributed by atoms with Crippen LogP contribution in [-0.2, 0) is 11.2 Å². The minimum Gasteiger partial charge on any atom is -0.490 e. The Labute approximate surface area is 263 Å². The molecular weight excluding hydrogens is 572 g/mol. The summed E-state index contributed by atoms with van der Waals surface area (Å²) in [4.78, 5) is 33.4. The van der Waals surface area contributed by atoms with Crippen LogP contribution in [0, 0.1) is 0 Å². The largest absolute Gasteiger partial charge is 0.490 e. The zero-order valence-corrected chi connectivity index (χ0v) is 26.4. The van der Waals surface area contributed by atoms with Crippen molar-refractivity contribution in [2.75, 3.05) is 53.0 Å². The maximum absolute atomic E-state index is 12.4. The van der Waals surface area contributed by atoms with E-state index >= 15 is 0 Å². The van der Waals surface area contributed by atoms with Gasteiger partial charge in [0.15, 0.2) is 11.5 Å². The van der Waals surface area contributed by atoms with Crippen LogP contribution in [0.4, 0.5) is 4.79 Å². The molecule has 0 saturated carbocycles. The van der Waals surface area contributed by atoms with Crippen LogP contribution in [0.25, 0.3) is 21.7 Å². The van der Waals surface area contributed by atoms with Crippen molar-refractivity contribution in [2.24, 2.45) is 0 Å². The molecule has 3 aromatic carbocycles. The highest BCUT2D eigenvalue weighted by molar-refractivity contribution is 6.07. The van der Waals surface area contributed by atoms with Gasteiger partial charge in [0.25, 0.3) is 5.91 Å². The third kappa shape index (κ3) is 6.76. The smallest absolute Gasteiger partial charge is 0.410 e. The molecule has 236 valence electrons. The van der Waals surface area contributed by atoms with E-state index in [9.17, 15) is 9.59 Å². The summed E-state index contributed by atoms with van der Waals surface area (Å²) < 4.78 is 24.2. The van der Waals surface area contributed by atoms with E-state index in [4.69, 9.17) is 18.9 Å². The van der Waals surface area contributed by atoms with E-state index in [1.807, 2.05) is 69.3 Å². The molecule has 10 nitrogen and oxygen atoms in total. The maximum atomic E-state index is 12.4. The van der Waals surface area contributed by atoms with E-state index in [2.05, 4.69) is 15.2 Å². The molecule has 2 aliphatic heterocycles. The molecule has 2 aliphatic rings. The zero-order valence-electron chi connectivity index (χ0n) is 26.4. The number of carbonyl (C=O) groups excluding carboxylic acids is 2. The summed E-state index contributed by atoms with van der Waals surface area (Å²) in [7, 11) is 1.63. The molecule has 0 aliphatic carbocycles. The van der Waals surface area contributed by atoms with Gasteiger partial charge in [-0.2, -0.15) is 0 Å². The highest BCUT2D eigenvalue weighted by Gasteiger charge is 2.27. The summed E-state index contributed by atoms with van der Waals surface area (Å²) in [6.45, 7) is 10.6. The van der Waals surface area contributed by atoms with E-state index in [0.29, 0.717) is 49.1 Å². The van der Waals surface area contributed by atoms with Crippen molar-refractivity contribution in [1.82, 2.24) is 20.1 Å². The molecule has 1 saturated heterocycles. The summed E-state index contributed by atoms with van der Waals surface area (Å²) in [5.41, 5.74) is 1.96. The normalized spacial score (nSPS) is 15.1. The summed E-state index contributed by atoms with van der Waals surface area (Å²) in [5.74, 6) is 2.69. The fraction of sp³-hybridized carbons (Fsp3) is 0.400. The molecule has 4 aromatic rings. The first-order chi connectivity index (χ1) is 21.7. The topological polar surface area (TPSA) is 102 Å². The van der Waals surface area contributed by atoms with Gasteiger partial charge in [-0.3, -0.25) is 14.7 Å². The lowest BCUT2D eigenvalue weighted by Gasteiger charge is -2.35. The predicted molar refractivity (Wildman–Crippen MR) is 173 cm³/mol. The van der Waals surface area contributed by atoms with Crippen LogP contribution < -0.4 is 19.5 Å². The molecule has 10 heteroatoms. The van der Waals surface area contributed by atoms with Gasteiger partial charge in [0.05, 0.1) is 24.1 Å². The Morgan fingerprint density at radius 2 is 1.84 bits per heavy atom. The lowest BCUT2D eigenvalue weighted by atomic mass is 10.0. The van der Waals surface area contributed by atoms with Gasteiger partial charge in [0, 0.05) is 69.6 Å². The van der Waals surface area contributed by atoms with E-state index in [1.54, 1.807) is 18.1 Å². The SMILES string of the molecule is CNC(=O)c1cccc2cc(Oc3ccnc4cc(OCCCN5CCN(C(=O)OC(C)(C)C)CC5)c5c(c34)CCO5)ccc12. The third-order valence-corrected chi connectivity index (χ3v) is 8.06. The summed E-state index contributed by atoms with van der Waals surface area (Å²) in [6.07, 6.45) is 3.08. The van der Waals surface area contributed by atoms with Crippen molar-refractivity contribution in [1.29, 1.82) is 0 Å². The van der Waals surface area contributed by atoms with Crippen LogP contribution >= 0.6 is 0 Å². The first kappa shape index (κ1) is 30.5. The van der Waals surface area contributed by atoms with E-state index in [0.717, 1.165) is 65.5 Å². The Kier molecular flexibility index (Phi) is 8.67. The number of aromatic nitrogens is 1. The van der Waals surface area contributed by atoms with E-state index in [1.165, 1.54) is 0 Å². The highest BCUT2D eigenvalue weighted by atomic mass is 16.6. The summed E-state index contributed by atoms with van der Waals surface area (Å²) >= 11 is 0. The number of carbonyl (C=O) groups is 2. The molecule has 1 N–H and O–H groups in total. The fourth-order valence-electron chi connectivity index (χ4n) is 5.90. The average Bonchev–Trinajstić information content (AvgIpc) is 3.52. The zero-order chi connectivity index (χ0) is 31.6. The second-order valence-corrected chi connectivity index (χ2v) is 12.4. The van der Waals surface area contributed by atoms with Crippen molar-refractivity contribution in [3.05, 3.63) is 65.9 Å². The van der Waals surface area contributed by atoms with Crippen LogP contribution in [0.15, 0.2) is 54.7 Å². The summed E-state index contributed by atoms with van der Waals surface area (Å²) in [6, 6.07) is 15.2. The highest BCUT2D eigenvalue weighted by Crippen LogP contribution is 2.44. The van der Waals surface area contributed by atoms with Crippen molar-refractivity contribution < 1.29 is 28.5 Å². The molecule has 0 bridgehead atoms. The van der Waals surface area contributed by atoms with Gasteiger partial charge in [0.2, 0.25) is 0 Å². The average molecular weight is 613 g/mol. The monoisotopic (exact) mass is 612 g/mol.